The van der Waals surface area contributed by atoms with Gasteiger partial charge in [-0.15, -0.1) is 5.10 Å². The Kier molecular flexibility index (Phi) is 3.14. The molecule has 1 aliphatic rings. The molecule has 1 aliphatic heterocycles. The van der Waals surface area contributed by atoms with Gasteiger partial charge in [0.05, 0.1) is 0 Å². The molecule has 1 fully saturated rings. The maximum absolute atomic E-state index is 12.1. The number of rotatable bonds is 2. The molecule has 1 amide bonds. The third-order valence-electron chi connectivity index (χ3n) is 2.81. The lowest BCUT2D eigenvalue weighted by atomic mass is 10.1. The molecule has 1 saturated heterocycles. The third kappa shape index (κ3) is 2.19. The van der Waals surface area contributed by atoms with E-state index in [1.807, 2.05) is 18.7 Å². The highest BCUT2D eigenvalue weighted by atomic mass is 16.2. The highest BCUT2D eigenvalue weighted by Gasteiger charge is 2.28. The van der Waals surface area contributed by atoms with Gasteiger partial charge in [0, 0.05) is 25.2 Å². The van der Waals surface area contributed by atoms with Crippen LogP contribution in [0.3, 0.4) is 0 Å². The number of carbonyl (C=O) groups excluding carboxylic acids is 1. The van der Waals surface area contributed by atoms with Crippen molar-refractivity contribution in [3.05, 3.63) is 6.33 Å². The Balaban J connectivity index is 2.02. The lowest BCUT2D eigenvalue weighted by Crippen LogP contribution is -2.57. The summed E-state index contributed by atoms with van der Waals surface area (Å²) in [4.78, 5) is 14.0. The lowest BCUT2D eigenvalue weighted by Gasteiger charge is -2.39. The zero-order valence-electron chi connectivity index (χ0n) is 9.50. The van der Waals surface area contributed by atoms with Gasteiger partial charge in [-0.3, -0.25) is 4.79 Å². The number of tetrazole rings is 1. The van der Waals surface area contributed by atoms with Gasteiger partial charge in [-0.2, -0.15) is 0 Å². The van der Waals surface area contributed by atoms with Crippen molar-refractivity contribution in [1.29, 1.82) is 0 Å². The number of amides is 1. The molecule has 1 N–H and O–H groups in total. The molecule has 0 radical (unpaired) electrons. The van der Waals surface area contributed by atoms with Crippen molar-refractivity contribution in [3.63, 3.8) is 0 Å². The van der Waals surface area contributed by atoms with E-state index in [4.69, 9.17) is 0 Å². The van der Waals surface area contributed by atoms with Crippen molar-refractivity contribution >= 4 is 5.91 Å². The van der Waals surface area contributed by atoms with Crippen LogP contribution in [0.1, 0.15) is 13.8 Å². The summed E-state index contributed by atoms with van der Waals surface area (Å²) in [7, 11) is 0. The van der Waals surface area contributed by atoms with Crippen molar-refractivity contribution in [2.24, 2.45) is 0 Å². The van der Waals surface area contributed by atoms with Crippen molar-refractivity contribution in [2.75, 3.05) is 13.1 Å². The van der Waals surface area contributed by atoms with Crippen LogP contribution in [0.25, 0.3) is 0 Å². The quantitative estimate of drug-likeness (QED) is 0.689. The molecule has 0 aliphatic carbocycles. The maximum atomic E-state index is 12.1. The number of nitrogens with one attached hydrogen (secondary N) is 1. The van der Waals surface area contributed by atoms with E-state index in [0.717, 1.165) is 13.1 Å². The predicted molar refractivity (Wildman–Crippen MR) is 56.5 cm³/mol. The molecular weight excluding hydrogens is 208 g/mol. The van der Waals surface area contributed by atoms with E-state index in [9.17, 15) is 4.79 Å². The molecule has 16 heavy (non-hydrogen) atoms. The first-order valence-corrected chi connectivity index (χ1v) is 5.41. The highest BCUT2D eigenvalue weighted by molar-refractivity contribution is 5.76. The van der Waals surface area contributed by atoms with E-state index in [2.05, 4.69) is 20.8 Å². The molecular formula is C9H16N6O. The van der Waals surface area contributed by atoms with Crippen LogP contribution in [-0.2, 0) is 11.3 Å². The molecule has 2 heterocycles. The first kappa shape index (κ1) is 11.0. The average Bonchev–Trinajstić information content (AvgIpc) is 2.70. The fourth-order valence-electron chi connectivity index (χ4n) is 2.10. The van der Waals surface area contributed by atoms with E-state index in [0.29, 0.717) is 0 Å². The number of hydrogen-bond acceptors (Lipinski definition) is 5. The van der Waals surface area contributed by atoms with Gasteiger partial charge in [-0.1, -0.05) is 0 Å². The molecule has 2 unspecified atom stereocenters. The normalized spacial score (nSPS) is 25.8. The predicted octanol–water partition coefficient (Wildman–Crippen LogP) is -1.12. The monoisotopic (exact) mass is 224 g/mol. The molecule has 2 rings (SSSR count). The van der Waals surface area contributed by atoms with Gasteiger partial charge in [0.1, 0.15) is 12.9 Å². The second-order valence-electron chi connectivity index (χ2n) is 4.16. The second kappa shape index (κ2) is 4.56. The van der Waals surface area contributed by atoms with E-state index in [1.54, 1.807) is 0 Å². The Morgan fingerprint density at radius 1 is 1.44 bits per heavy atom. The van der Waals surface area contributed by atoms with Gasteiger partial charge in [-0.25, -0.2) is 4.68 Å². The standard InChI is InChI=1S/C9H16N6O/c1-7-3-10-4-8(2)15(7)9(16)5-14-6-11-12-13-14/h6-8,10H,3-5H2,1-2H3. The largest absolute Gasteiger partial charge is 0.333 e. The Bertz CT molecular complexity index is 341. The van der Waals surface area contributed by atoms with Crippen LogP contribution in [0.5, 0.6) is 0 Å². The van der Waals surface area contributed by atoms with Gasteiger partial charge in [0.15, 0.2) is 0 Å². The zero-order valence-corrected chi connectivity index (χ0v) is 9.50. The molecule has 7 nitrogen and oxygen atoms in total. The van der Waals surface area contributed by atoms with Gasteiger partial charge in [0.25, 0.3) is 0 Å². The van der Waals surface area contributed by atoms with E-state index < -0.39 is 0 Å². The molecule has 0 saturated carbocycles. The minimum atomic E-state index is 0.0637. The number of nitrogens with zero attached hydrogens (tertiary/aromatic N) is 5. The molecule has 2 atom stereocenters. The summed E-state index contributed by atoms with van der Waals surface area (Å²) < 4.78 is 1.45. The van der Waals surface area contributed by atoms with Gasteiger partial charge < -0.3 is 10.2 Å². The molecule has 0 aromatic carbocycles. The zero-order chi connectivity index (χ0) is 11.5. The summed E-state index contributed by atoms with van der Waals surface area (Å²) in [5.74, 6) is 0.0637. The van der Waals surface area contributed by atoms with Gasteiger partial charge in [0.2, 0.25) is 5.91 Å². The summed E-state index contributed by atoms with van der Waals surface area (Å²) in [6.45, 7) is 5.97. The first-order valence-electron chi connectivity index (χ1n) is 5.41. The minimum absolute atomic E-state index is 0.0637. The first-order chi connectivity index (χ1) is 7.68. The van der Waals surface area contributed by atoms with Crippen molar-refractivity contribution < 1.29 is 4.79 Å². The van der Waals surface area contributed by atoms with Crippen LogP contribution in [0.4, 0.5) is 0 Å². The lowest BCUT2D eigenvalue weighted by molar-refractivity contribution is -0.137. The van der Waals surface area contributed by atoms with Crippen LogP contribution < -0.4 is 5.32 Å². The van der Waals surface area contributed by atoms with E-state index in [-0.39, 0.29) is 24.5 Å². The SMILES string of the molecule is CC1CNCC(C)N1C(=O)Cn1cnnn1. The van der Waals surface area contributed by atoms with Crippen LogP contribution in [0, 0.1) is 0 Å². The third-order valence-corrected chi connectivity index (χ3v) is 2.81. The minimum Gasteiger partial charge on any atom is -0.333 e. The van der Waals surface area contributed by atoms with Gasteiger partial charge in [-0.05, 0) is 24.3 Å². The van der Waals surface area contributed by atoms with Crippen molar-refractivity contribution in [3.8, 4) is 0 Å². The van der Waals surface area contributed by atoms with E-state index >= 15 is 0 Å². The molecule has 1 aromatic heterocycles. The highest BCUT2D eigenvalue weighted by Crippen LogP contribution is 2.10. The fourth-order valence-corrected chi connectivity index (χ4v) is 2.10. The topological polar surface area (TPSA) is 75.9 Å². The molecule has 0 bridgehead atoms. The smallest absolute Gasteiger partial charge is 0.245 e. The second-order valence-corrected chi connectivity index (χ2v) is 4.16. The molecule has 0 spiro atoms. The van der Waals surface area contributed by atoms with Crippen molar-refractivity contribution in [2.45, 2.75) is 32.5 Å². The van der Waals surface area contributed by atoms with Crippen LogP contribution in [0.2, 0.25) is 0 Å². The number of piperazine rings is 1. The number of hydrogen-bond donors (Lipinski definition) is 1. The summed E-state index contributed by atoms with van der Waals surface area (Å²) in [5, 5.41) is 14.0. The fraction of sp³-hybridized carbons (Fsp3) is 0.778. The Morgan fingerprint density at radius 3 is 2.69 bits per heavy atom. The van der Waals surface area contributed by atoms with E-state index in [1.165, 1.54) is 11.0 Å². The summed E-state index contributed by atoms with van der Waals surface area (Å²) in [6.07, 6.45) is 1.45. The van der Waals surface area contributed by atoms with Gasteiger partial charge >= 0.3 is 0 Å². The van der Waals surface area contributed by atoms with Crippen molar-refractivity contribution in [1.82, 2.24) is 30.4 Å². The molecule has 7 heteroatoms. The average molecular weight is 224 g/mol. The maximum Gasteiger partial charge on any atom is 0.245 e. The van der Waals surface area contributed by atoms with Crippen LogP contribution >= 0.6 is 0 Å². The number of aromatic nitrogens is 4. The summed E-state index contributed by atoms with van der Waals surface area (Å²) >= 11 is 0. The molecule has 88 valence electrons. The summed E-state index contributed by atoms with van der Waals surface area (Å²) in [5.41, 5.74) is 0. The Hall–Kier alpha value is -1.50. The Labute approximate surface area is 93.8 Å². The van der Waals surface area contributed by atoms with Crippen LogP contribution in [-0.4, -0.2) is 56.2 Å². The Morgan fingerprint density at radius 2 is 2.12 bits per heavy atom. The molecule has 1 aromatic rings. The number of carbonyl (C=O) groups is 1. The van der Waals surface area contributed by atoms with Crippen LogP contribution in [0.15, 0.2) is 6.33 Å². The summed E-state index contributed by atoms with van der Waals surface area (Å²) in [6, 6.07) is 0.431.